The van der Waals surface area contributed by atoms with Crippen molar-refractivity contribution >= 4 is 55.8 Å². The molecule has 0 aliphatic rings. The molecule has 0 aromatic rings. The first-order valence-electron chi connectivity index (χ1n) is 5.22. The molecule has 0 bridgehead atoms. The van der Waals surface area contributed by atoms with Gasteiger partial charge in [0, 0.05) is 5.57 Å². The van der Waals surface area contributed by atoms with Crippen LogP contribution in [0.4, 0.5) is 0 Å². The fraction of sp³-hybridized carbons (Fsp3) is 0.700. The Morgan fingerprint density at radius 2 is 1.75 bits per heavy atom. The van der Waals surface area contributed by atoms with Crippen LogP contribution < -0.4 is 0 Å². The molecule has 0 aliphatic carbocycles. The van der Waals surface area contributed by atoms with Crippen LogP contribution in [0.15, 0.2) is 12.2 Å². The van der Waals surface area contributed by atoms with E-state index in [-0.39, 0.29) is 5.97 Å². The molecule has 0 atom stereocenters. The largest absolute Gasteiger partial charge is 0.462 e. The van der Waals surface area contributed by atoms with Gasteiger partial charge < -0.3 is 4.74 Å². The summed E-state index contributed by atoms with van der Waals surface area (Å²) in [6.07, 6.45) is 4.38. The van der Waals surface area contributed by atoms with Crippen LogP contribution in [0.2, 0.25) is 6.04 Å². The third-order valence-electron chi connectivity index (χ3n) is 1.94. The first-order valence-corrected chi connectivity index (χ1v) is 14.2. The van der Waals surface area contributed by atoms with Crippen LogP contribution in [0.5, 0.6) is 0 Å². The van der Waals surface area contributed by atoms with Gasteiger partial charge in [-0.05, 0) is 19.4 Å². The van der Waals surface area contributed by atoms with Gasteiger partial charge in [-0.25, -0.2) is 4.79 Å². The summed E-state index contributed by atoms with van der Waals surface area (Å²) < 4.78 is 3.58. The molecule has 2 nitrogen and oxygen atoms in total. The van der Waals surface area contributed by atoms with E-state index in [2.05, 4.69) is 52.5 Å². The minimum atomic E-state index is -1.42. The van der Waals surface area contributed by atoms with Gasteiger partial charge in [-0.1, -0.05) is 71.7 Å². The molecule has 94 valence electrons. The lowest BCUT2D eigenvalue weighted by Crippen LogP contribution is -2.06. The summed E-state index contributed by atoms with van der Waals surface area (Å²) in [6, 6.07) is 1.15. The molecule has 0 aromatic carbocycles. The number of carbonyl (C=O) groups is 1. The van der Waals surface area contributed by atoms with Crippen molar-refractivity contribution in [1.29, 1.82) is 0 Å². The second-order valence-corrected chi connectivity index (χ2v) is 27.2. The van der Waals surface area contributed by atoms with Crippen LogP contribution in [-0.2, 0) is 9.53 Å². The van der Waals surface area contributed by atoms with Crippen LogP contribution in [0, 0.1) is 0 Å². The van der Waals surface area contributed by atoms with E-state index < -0.39 is 3.93 Å². The molecule has 0 heterocycles. The Morgan fingerprint density at radius 3 is 2.25 bits per heavy atom. The molecular formula is C10H17Br3O2Si. The minimum Gasteiger partial charge on any atom is -0.462 e. The van der Waals surface area contributed by atoms with E-state index in [1.165, 1.54) is 12.8 Å². The van der Waals surface area contributed by atoms with E-state index in [9.17, 15) is 4.79 Å². The average Bonchev–Trinajstić information content (AvgIpc) is 2.14. The second-order valence-electron chi connectivity index (χ2n) is 3.70. The Bertz CT molecular complexity index is 239. The summed E-state index contributed by atoms with van der Waals surface area (Å²) in [5, 5.41) is 0. The van der Waals surface area contributed by atoms with Crippen molar-refractivity contribution in [3.8, 4) is 0 Å². The van der Waals surface area contributed by atoms with Crippen molar-refractivity contribution in [2.24, 2.45) is 0 Å². The predicted octanol–water partition coefficient (Wildman–Crippen LogP) is 4.79. The number of rotatable bonds is 8. The number of hydrogen-bond acceptors (Lipinski definition) is 2. The lowest BCUT2D eigenvalue weighted by atomic mass is 10.2. The van der Waals surface area contributed by atoms with Gasteiger partial charge in [0.2, 0.25) is 0 Å². The van der Waals surface area contributed by atoms with Gasteiger partial charge in [-0.15, -0.1) is 0 Å². The third kappa shape index (κ3) is 11.4. The topological polar surface area (TPSA) is 26.3 Å². The Morgan fingerprint density at radius 1 is 1.19 bits per heavy atom. The summed E-state index contributed by atoms with van der Waals surface area (Å²) in [4.78, 5) is 11.0. The van der Waals surface area contributed by atoms with Crippen LogP contribution >= 0.6 is 45.9 Å². The van der Waals surface area contributed by atoms with Crippen molar-refractivity contribution in [2.45, 2.75) is 38.7 Å². The van der Waals surface area contributed by atoms with Gasteiger partial charge >= 0.3 is 5.97 Å². The van der Waals surface area contributed by atoms with E-state index in [4.69, 9.17) is 4.74 Å². The highest BCUT2D eigenvalue weighted by Crippen LogP contribution is 2.33. The highest BCUT2D eigenvalue weighted by molar-refractivity contribution is 9.72. The van der Waals surface area contributed by atoms with Crippen molar-refractivity contribution < 1.29 is 9.53 Å². The number of hydrogen-bond donors (Lipinski definition) is 0. The fourth-order valence-electron chi connectivity index (χ4n) is 1.07. The van der Waals surface area contributed by atoms with Gasteiger partial charge in [-0.2, -0.15) is 0 Å². The van der Waals surface area contributed by atoms with Gasteiger partial charge in [0.05, 0.1) is 6.61 Å². The first kappa shape index (κ1) is 16.9. The minimum absolute atomic E-state index is 0.284. The van der Waals surface area contributed by atoms with E-state index >= 15 is 0 Å². The van der Waals surface area contributed by atoms with Crippen LogP contribution in [0.1, 0.15) is 32.6 Å². The highest BCUT2D eigenvalue weighted by atomic mass is 80.0. The maximum absolute atomic E-state index is 11.0. The molecule has 0 fully saturated rings. The predicted molar refractivity (Wildman–Crippen MR) is 81.6 cm³/mol. The average molecular weight is 437 g/mol. The van der Waals surface area contributed by atoms with Gasteiger partial charge in [0.1, 0.15) is 0 Å². The quantitative estimate of drug-likeness (QED) is 0.180. The molecule has 0 amide bonds. The summed E-state index contributed by atoms with van der Waals surface area (Å²) in [5.74, 6) is -0.284. The van der Waals surface area contributed by atoms with Gasteiger partial charge in [0.15, 0.2) is 0 Å². The Balaban J connectivity index is 3.29. The fourth-order valence-corrected chi connectivity index (χ4v) is 4.24. The van der Waals surface area contributed by atoms with E-state index in [1.54, 1.807) is 6.92 Å². The van der Waals surface area contributed by atoms with Crippen molar-refractivity contribution in [3.63, 3.8) is 0 Å². The van der Waals surface area contributed by atoms with Gasteiger partial charge in [0.25, 0.3) is 3.93 Å². The van der Waals surface area contributed by atoms with Crippen LogP contribution in [0.3, 0.4) is 0 Å². The second kappa shape index (κ2) is 8.89. The lowest BCUT2D eigenvalue weighted by Gasteiger charge is -2.08. The maximum atomic E-state index is 11.0. The molecule has 0 aromatic heterocycles. The smallest absolute Gasteiger partial charge is 0.333 e. The zero-order valence-corrected chi connectivity index (χ0v) is 15.2. The third-order valence-corrected chi connectivity index (χ3v) is 6.43. The summed E-state index contributed by atoms with van der Waals surface area (Å²) in [5.41, 5.74) is 0.466. The molecule has 0 unspecified atom stereocenters. The standard InChI is InChI=1S/C10H17Br3O2Si/c1-9(2)10(14)15-7-5-3-4-6-8-16(11,12)13/h1,3-8H2,2H3. The number of halogens is 3. The molecule has 0 saturated heterocycles. The molecule has 0 N–H and O–H groups in total. The molecule has 0 spiro atoms. The molecule has 6 heteroatoms. The first-order chi connectivity index (χ1) is 7.33. The number of carbonyl (C=O) groups excluding carboxylic acids is 1. The van der Waals surface area contributed by atoms with Crippen molar-refractivity contribution in [2.75, 3.05) is 6.61 Å². The van der Waals surface area contributed by atoms with Crippen LogP contribution in [-0.4, -0.2) is 16.5 Å². The molecule has 0 aliphatic heterocycles. The van der Waals surface area contributed by atoms with Crippen molar-refractivity contribution in [1.82, 2.24) is 0 Å². The van der Waals surface area contributed by atoms with E-state index in [1.807, 2.05) is 0 Å². The monoisotopic (exact) mass is 434 g/mol. The molecule has 0 saturated carbocycles. The summed E-state index contributed by atoms with van der Waals surface area (Å²) >= 11 is 10.8. The Labute approximate surface area is 122 Å². The zero-order valence-electron chi connectivity index (χ0n) is 9.40. The van der Waals surface area contributed by atoms with Gasteiger partial charge in [-0.3, -0.25) is 0 Å². The Hall–Kier alpha value is 0.867. The SMILES string of the molecule is C=C(C)C(=O)OCCCCCC[Si](Br)(Br)Br. The summed E-state index contributed by atoms with van der Waals surface area (Å²) in [7, 11) is 0. The molecule has 0 rings (SSSR count). The molecule has 0 radical (unpaired) electrons. The normalized spacial score (nSPS) is 11.2. The van der Waals surface area contributed by atoms with E-state index in [0.717, 1.165) is 18.9 Å². The lowest BCUT2D eigenvalue weighted by molar-refractivity contribution is -0.139. The highest BCUT2D eigenvalue weighted by Gasteiger charge is 2.20. The molecular weight excluding hydrogens is 420 g/mol. The van der Waals surface area contributed by atoms with E-state index in [0.29, 0.717) is 12.2 Å². The number of unbranched alkanes of at least 4 members (excludes halogenated alkanes) is 3. The van der Waals surface area contributed by atoms with Crippen molar-refractivity contribution in [3.05, 3.63) is 12.2 Å². The Kier molecular flexibility index (Phi) is 9.37. The maximum Gasteiger partial charge on any atom is 0.333 e. The number of esters is 1. The number of ether oxygens (including phenoxy) is 1. The zero-order chi connectivity index (χ0) is 12.6. The summed E-state index contributed by atoms with van der Waals surface area (Å²) in [6.45, 7) is 5.69. The van der Waals surface area contributed by atoms with Crippen LogP contribution in [0.25, 0.3) is 0 Å². The molecule has 16 heavy (non-hydrogen) atoms.